The topological polar surface area (TPSA) is 110 Å². The molecule has 138 valence electrons. The van der Waals surface area contributed by atoms with Crippen LogP contribution in [0.5, 0.6) is 0 Å². The predicted octanol–water partition coefficient (Wildman–Crippen LogP) is 2.50. The number of benzene rings is 1. The van der Waals surface area contributed by atoms with E-state index >= 15 is 0 Å². The zero-order chi connectivity index (χ0) is 19.1. The molecule has 26 heavy (non-hydrogen) atoms. The number of nitrogens with two attached hydrogens (primary N) is 1. The average Bonchev–Trinajstić information content (AvgIpc) is 2.61. The van der Waals surface area contributed by atoms with Crippen LogP contribution in [0.1, 0.15) is 54.9 Å². The lowest BCUT2D eigenvalue weighted by atomic mass is 10.1. The van der Waals surface area contributed by atoms with Crippen LogP contribution in [-0.4, -0.2) is 28.3 Å². The van der Waals surface area contributed by atoms with Gasteiger partial charge in [-0.25, -0.2) is 9.97 Å². The van der Waals surface area contributed by atoms with Gasteiger partial charge in [-0.3, -0.25) is 9.59 Å². The molecule has 7 nitrogen and oxygen atoms in total. The fraction of sp³-hybridized carbons (Fsp3) is 0.368. The molecule has 0 unspecified atom stereocenters. The Balaban J connectivity index is 1.89. The van der Waals surface area contributed by atoms with Crippen molar-refractivity contribution in [2.24, 2.45) is 0 Å². The summed E-state index contributed by atoms with van der Waals surface area (Å²) in [6.07, 6.45) is 1.00. The van der Waals surface area contributed by atoms with Gasteiger partial charge >= 0.3 is 0 Å². The average molecular weight is 355 g/mol. The number of anilines is 2. The minimum absolute atomic E-state index is 0.0651. The first-order chi connectivity index (χ1) is 12.4. The van der Waals surface area contributed by atoms with E-state index in [4.69, 9.17) is 5.73 Å². The highest BCUT2D eigenvalue weighted by atomic mass is 16.2. The number of nitrogens with zero attached hydrogens (tertiary/aromatic N) is 2. The van der Waals surface area contributed by atoms with E-state index in [2.05, 4.69) is 20.6 Å². The minimum atomic E-state index is -0.372. The number of para-hydroxylation sites is 1. The molecule has 7 heteroatoms. The van der Waals surface area contributed by atoms with Crippen molar-refractivity contribution in [3.8, 4) is 0 Å². The van der Waals surface area contributed by atoms with Crippen molar-refractivity contribution in [2.45, 2.75) is 39.5 Å². The molecule has 0 aliphatic heterocycles. The minimum Gasteiger partial charge on any atom is -0.368 e. The van der Waals surface area contributed by atoms with Gasteiger partial charge in [0.1, 0.15) is 5.69 Å². The third-order valence-corrected chi connectivity index (χ3v) is 3.90. The van der Waals surface area contributed by atoms with Crippen LogP contribution in [0, 0.1) is 0 Å². The van der Waals surface area contributed by atoms with Gasteiger partial charge in [0.25, 0.3) is 5.91 Å². The monoisotopic (exact) mass is 355 g/mol. The predicted molar refractivity (Wildman–Crippen MR) is 102 cm³/mol. The van der Waals surface area contributed by atoms with E-state index in [0.29, 0.717) is 5.69 Å². The summed E-state index contributed by atoms with van der Waals surface area (Å²) in [5.41, 5.74) is 8.44. The smallest absolute Gasteiger partial charge is 0.270 e. The van der Waals surface area contributed by atoms with Gasteiger partial charge in [0, 0.05) is 24.3 Å². The molecule has 0 radical (unpaired) electrons. The van der Waals surface area contributed by atoms with Crippen LogP contribution in [0.2, 0.25) is 0 Å². The van der Waals surface area contributed by atoms with E-state index in [1.54, 1.807) is 6.07 Å². The molecule has 1 aromatic carbocycles. The van der Waals surface area contributed by atoms with E-state index in [-0.39, 0.29) is 42.3 Å². The number of hydrogen-bond acceptors (Lipinski definition) is 5. The highest BCUT2D eigenvalue weighted by molar-refractivity contribution is 5.94. The molecule has 2 amide bonds. The fourth-order valence-corrected chi connectivity index (χ4v) is 2.44. The molecule has 0 bridgehead atoms. The number of nitrogen functional groups attached to an aromatic ring is 1. The third-order valence-electron chi connectivity index (χ3n) is 3.90. The Labute approximate surface area is 153 Å². The highest BCUT2D eigenvalue weighted by Gasteiger charge is 2.13. The molecule has 4 N–H and O–H groups in total. The Morgan fingerprint density at radius 1 is 1.19 bits per heavy atom. The molecule has 0 saturated carbocycles. The van der Waals surface area contributed by atoms with Crippen LogP contribution in [0.25, 0.3) is 0 Å². The normalized spacial score (nSPS) is 10.6. The molecule has 0 spiro atoms. The summed E-state index contributed by atoms with van der Waals surface area (Å²) in [5.74, 6) is -0.328. The summed E-state index contributed by atoms with van der Waals surface area (Å²) in [7, 11) is 0. The summed E-state index contributed by atoms with van der Waals surface area (Å²) in [5, 5.41) is 5.56. The van der Waals surface area contributed by atoms with Crippen LogP contribution < -0.4 is 16.4 Å². The van der Waals surface area contributed by atoms with Crippen molar-refractivity contribution < 1.29 is 9.59 Å². The van der Waals surface area contributed by atoms with Crippen LogP contribution in [-0.2, 0) is 11.2 Å². The van der Waals surface area contributed by atoms with E-state index < -0.39 is 0 Å². The summed E-state index contributed by atoms with van der Waals surface area (Å²) >= 11 is 0. The number of carbonyl (C=O) groups is 2. The van der Waals surface area contributed by atoms with Crippen LogP contribution >= 0.6 is 0 Å². The molecule has 1 heterocycles. The van der Waals surface area contributed by atoms with Crippen LogP contribution in [0.3, 0.4) is 0 Å². The first-order valence-corrected chi connectivity index (χ1v) is 8.71. The van der Waals surface area contributed by atoms with Crippen LogP contribution in [0.4, 0.5) is 11.6 Å². The standard InChI is InChI=1S/C19H25N5O2/c1-4-13-7-5-6-8-14(13)22-17(25)9-10-21-18(26)16-11-15(12(2)3)23-19(20)24-16/h5-8,11-12H,4,9-10H2,1-3H3,(H,21,26)(H,22,25)(H2,20,23,24). The quantitative estimate of drug-likeness (QED) is 0.707. The maximum absolute atomic E-state index is 12.2. The lowest BCUT2D eigenvalue weighted by Gasteiger charge is -2.11. The van der Waals surface area contributed by atoms with Gasteiger partial charge in [0.15, 0.2) is 0 Å². The second kappa shape index (κ2) is 8.94. The molecule has 0 saturated heterocycles. The zero-order valence-corrected chi connectivity index (χ0v) is 15.4. The Morgan fingerprint density at radius 2 is 1.92 bits per heavy atom. The van der Waals surface area contributed by atoms with Crippen molar-refractivity contribution in [3.05, 3.63) is 47.3 Å². The van der Waals surface area contributed by atoms with Crippen molar-refractivity contribution in [1.29, 1.82) is 0 Å². The fourth-order valence-electron chi connectivity index (χ4n) is 2.44. The van der Waals surface area contributed by atoms with Crippen LogP contribution in [0.15, 0.2) is 30.3 Å². The van der Waals surface area contributed by atoms with Gasteiger partial charge in [0.05, 0.1) is 0 Å². The molecular formula is C19H25N5O2. The summed E-state index contributed by atoms with van der Waals surface area (Å²) < 4.78 is 0. The van der Waals surface area contributed by atoms with E-state index in [1.165, 1.54) is 0 Å². The molecular weight excluding hydrogens is 330 g/mol. The van der Waals surface area contributed by atoms with Gasteiger partial charge in [-0.15, -0.1) is 0 Å². The number of carbonyl (C=O) groups excluding carboxylic acids is 2. The van der Waals surface area contributed by atoms with Crippen molar-refractivity contribution in [3.63, 3.8) is 0 Å². The molecule has 1 aromatic heterocycles. The maximum Gasteiger partial charge on any atom is 0.270 e. The molecule has 0 atom stereocenters. The van der Waals surface area contributed by atoms with Crippen molar-refractivity contribution >= 4 is 23.5 Å². The molecule has 2 rings (SSSR count). The molecule has 0 aliphatic carbocycles. The maximum atomic E-state index is 12.2. The lowest BCUT2D eigenvalue weighted by Crippen LogP contribution is -2.29. The highest BCUT2D eigenvalue weighted by Crippen LogP contribution is 2.16. The summed E-state index contributed by atoms with van der Waals surface area (Å²) in [4.78, 5) is 32.4. The van der Waals surface area contributed by atoms with Gasteiger partial charge in [0.2, 0.25) is 11.9 Å². The Kier molecular flexibility index (Phi) is 6.66. The van der Waals surface area contributed by atoms with Gasteiger partial charge < -0.3 is 16.4 Å². The van der Waals surface area contributed by atoms with Crippen molar-refractivity contribution in [2.75, 3.05) is 17.6 Å². The summed E-state index contributed by atoms with van der Waals surface area (Å²) in [6, 6.07) is 9.28. The number of aromatic nitrogens is 2. The van der Waals surface area contributed by atoms with Crippen molar-refractivity contribution in [1.82, 2.24) is 15.3 Å². The summed E-state index contributed by atoms with van der Waals surface area (Å²) in [6.45, 7) is 6.16. The number of rotatable bonds is 7. The zero-order valence-electron chi connectivity index (χ0n) is 15.4. The van der Waals surface area contributed by atoms with Gasteiger partial charge in [-0.2, -0.15) is 0 Å². The Bertz CT molecular complexity index is 789. The third kappa shape index (κ3) is 5.27. The first kappa shape index (κ1) is 19.4. The molecule has 2 aromatic rings. The number of nitrogens with one attached hydrogen (secondary N) is 2. The first-order valence-electron chi connectivity index (χ1n) is 8.71. The Hall–Kier alpha value is -2.96. The largest absolute Gasteiger partial charge is 0.368 e. The lowest BCUT2D eigenvalue weighted by molar-refractivity contribution is -0.116. The molecule has 0 fully saturated rings. The van der Waals surface area contributed by atoms with E-state index in [1.807, 2.05) is 45.0 Å². The number of aryl methyl sites for hydroxylation is 1. The number of hydrogen-bond donors (Lipinski definition) is 3. The molecule has 0 aliphatic rings. The SMILES string of the molecule is CCc1ccccc1NC(=O)CCNC(=O)c1cc(C(C)C)nc(N)n1. The second-order valence-corrected chi connectivity index (χ2v) is 6.26. The number of amides is 2. The van der Waals surface area contributed by atoms with E-state index in [9.17, 15) is 9.59 Å². The van der Waals surface area contributed by atoms with Gasteiger partial charge in [-0.1, -0.05) is 39.0 Å². The Morgan fingerprint density at radius 3 is 2.62 bits per heavy atom. The second-order valence-electron chi connectivity index (χ2n) is 6.26. The van der Waals surface area contributed by atoms with Gasteiger partial charge in [-0.05, 0) is 30.0 Å². The van der Waals surface area contributed by atoms with E-state index in [0.717, 1.165) is 17.7 Å².